The number of hydrogen-bond donors (Lipinski definition) is 1. The van der Waals surface area contributed by atoms with Crippen molar-refractivity contribution in [3.05, 3.63) is 14.7 Å². The van der Waals surface area contributed by atoms with E-state index in [-0.39, 0.29) is 6.04 Å². The summed E-state index contributed by atoms with van der Waals surface area (Å²) in [5.41, 5.74) is 0. The van der Waals surface area contributed by atoms with Crippen molar-refractivity contribution in [3.8, 4) is 0 Å². The highest BCUT2D eigenvalue weighted by atomic mass is 79.9. The Hall–Kier alpha value is 0.01000. The van der Waals surface area contributed by atoms with Crippen molar-refractivity contribution in [1.82, 2.24) is 9.62 Å². The van der Waals surface area contributed by atoms with Crippen molar-refractivity contribution >= 4 is 37.3 Å². The molecule has 1 aliphatic carbocycles. The molecule has 118 valence electrons. The van der Waals surface area contributed by atoms with E-state index >= 15 is 0 Å². The second-order valence-electron chi connectivity index (χ2n) is 5.55. The van der Waals surface area contributed by atoms with Crippen LogP contribution in [-0.2, 0) is 21.3 Å². The molecule has 1 aromatic heterocycles. The molecule has 1 aromatic rings. The number of ether oxygens (including phenoxy) is 1. The number of rotatable bonds is 5. The number of thiophene rings is 1. The van der Waals surface area contributed by atoms with E-state index in [1.165, 1.54) is 24.2 Å². The van der Waals surface area contributed by atoms with Crippen LogP contribution in [0, 0.1) is 0 Å². The van der Waals surface area contributed by atoms with Gasteiger partial charge in [0.1, 0.15) is 4.90 Å². The predicted molar refractivity (Wildman–Crippen MR) is 86.1 cm³/mol. The molecule has 1 saturated carbocycles. The van der Waals surface area contributed by atoms with E-state index in [1.54, 1.807) is 10.4 Å². The van der Waals surface area contributed by atoms with Gasteiger partial charge in [0.2, 0.25) is 10.0 Å². The third-order valence-electron chi connectivity index (χ3n) is 3.74. The van der Waals surface area contributed by atoms with Crippen molar-refractivity contribution < 1.29 is 13.2 Å². The summed E-state index contributed by atoms with van der Waals surface area (Å²) in [4.78, 5) is 1.43. The van der Waals surface area contributed by atoms with Crippen LogP contribution in [0.4, 0.5) is 0 Å². The molecule has 2 fully saturated rings. The fourth-order valence-electron chi connectivity index (χ4n) is 2.39. The third-order valence-corrected chi connectivity index (χ3v) is 8.01. The van der Waals surface area contributed by atoms with Crippen LogP contribution in [-0.4, -0.2) is 44.6 Å². The zero-order chi connectivity index (χ0) is 15.0. The zero-order valence-electron chi connectivity index (χ0n) is 11.8. The van der Waals surface area contributed by atoms with Crippen molar-refractivity contribution in [3.63, 3.8) is 0 Å². The summed E-state index contributed by atoms with van der Waals surface area (Å²) in [5, 5.41) is 3.41. The van der Waals surface area contributed by atoms with Gasteiger partial charge in [0, 0.05) is 30.1 Å². The van der Waals surface area contributed by atoms with E-state index in [2.05, 4.69) is 21.2 Å². The summed E-state index contributed by atoms with van der Waals surface area (Å²) in [5.74, 6) is 0. The molecule has 2 aliphatic rings. The van der Waals surface area contributed by atoms with E-state index in [1.807, 2.05) is 6.92 Å². The lowest BCUT2D eigenvalue weighted by Gasteiger charge is -2.32. The van der Waals surface area contributed by atoms with Crippen LogP contribution in [0.3, 0.4) is 0 Å². The molecule has 1 saturated heterocycles. The summed E-state index contributed by atoms with van der Waals surface area (Å²) >= 11 is 4.91. The molecule has 0 spiro atoms. The van der Waals surface area contributed by atoms with Gasteiger partial charge >= 0.3 is 0 Å². The van der Waals surface area contributed by atoms with Gasteiger partial charge in [0.25, 0.3) is 0 Å². The predicted octanol–water partition coefficient (Wildman–Crippen LogP) is 2.17. The van der Waals surface area contributed by atoms with Gasteiger partial charge in [0.15, 0.2) is 0 Å². The standard InChI is InChI=1S/C13H19BrN2O3S2/c1-9-8-19-5-4-16(9)21(17,18)12-6-11(20-13(12)14)7-15-10-2-3-10/h6,9-10,15H,2-5,7-8H2,1H3. The number of halogens is 1. The first-order valence-electron chi connectivity index (χ1n) is 7.09. The summed E-state index contributed by atoms with van der Waals surface area (Å²) in [6.45, 7) is 3.95. The second kappa shape index (κ2) is 6.25. The first kappa shape index (κ1) is 15.9. The molecular formula is C13H19BrN2O3S2. The maximum Gasteiger partial charge on any atom is 0.245 e. The largest absolute Gasteiger partial charge is 0.378 e. The van der Waals surface area contributed by atoms with Gasteiger partial charge in [-0.2, -0.15) is 4.31 Å². The van der Waals surface area contributed by atoms with E-state index in [0.29, 0.717) is 34.5 Å². The van der Waals surface area contributed by atoms with Gasteiger partial charge in [-0.1, -0.05) is 0 Å². The molecule has 21 heavy (non-hydrogen) atoms. The average molecular weight is 395 g/mol. The van der Waals surface area contributed by atoms with Crippen molar-refractivity contribution in [1.29, 1.82) is 0 Å². The van der Waals surface area contributed by atoms with Crippen LogP contribution >= 0.6 is 27.3 Å². The maximum atomic E-state index is 12.8. The lowest BCUT2D eigenvalue weighted by Crippen LogP contribution is -2.46. The highest BCUT2D eigenvalue weighted by Gasteiger charge is 2.34. The molecule has 0 amide bonds. The van der Waals surface area contributed by atoms with Gasteiger partial charge < -0.3 is 10.1 Å². The molecule has 5 nitrogen and oxygen atoms in total. The Morgan fingerprint density at radius 3 is 2.95 bits per heavy atom. The molecular weight excluding hydrogens is 376 g/mol. The van der Waals surface area contributed by atoms with Crippen molar-refractivity contribution in [2.75, 3.05) is 19.8 Å². The van der Waals surface area contributed by atoms with E-state index in [9.17, 15) is 8.42 Å². The van der Waals surface area contributed by atoms with Crippen LogP contribution in [0.2, 0.25) is 0 Å². The van der Waals surface area contributed by atoms with E-state index < -0.39 is 10.0 Å². The number of hydrogen-bond acceptors (Lipinski definition) is 5. The number of nitrogens with zero attached hydrogens (tertiary/aromatic N) is 1. The Morgan fingerprint density at radius 1 is 1.52 bits per heavy atom. The fraction of sp³-hybridized carbons (Fsp3) is 0.692. The van der Waals surface area contributed by atoms with E-state index in [0.717, 1.165) is 11.4 Å². The van der Waals surface area contributed by atoms with Crippen LogP contribution in [0.1, 0.15) is 24.6 Å². The smallest absolute Gasteiger partial charge is 0.245 e. The molecule has 0 bridgehead atoms. The summed E-state index contributed by atoms with van der Waals surface area (Å²) < 4.78 is 33.2. The molecule has 1 unspecified atom stereocenters. The first-order chi connectivity index (χ1) is 9.98. The summed E-state index contributed by atoms with van der Waals surface area (Å²) in [6.07, 6.45) is 2.45. The van der Waals surface area contributed by atoms with Crippen LogP contribution < -0.4 is 5.32 Å². The van der Waals surface area contributed by atoms with Crippen LogP contribution in [0.5, 0.6) is 0 Å². The topological polar surface area (TPSA) is 58.6 Å². The highest BCUT2D eigenvalue weighted by molar-refractivity contribution is 9.11. The maximum absolute atomic E-state index is 12.8. The number of nitrogens with one attached hydrogen (secondary N) is 1. The Labute approximate surface area is 137 Å². The lowest BCUT2D eigenvalue weighted by atomic mass is 10.3. The van der Waals surface area contributed by atoms with Gasteiger partial charge in [-0.3, -0.25) is 0 Å². The lowest BCUT2D eigenvalue weighted by molar-refractivity contribution is 0.0392. The Kier molecular flexibility index (Phi) is 4.73. The van der Waals surface area contributed by atoms with Crippen molar-refractivity contribution in [2.45, 2.75) is 43.3 Å². The van der Waals surface area contributed by atoms with Crippen molar-refractivity contribution in [2.24, 2.45) is 0 Å². The second-order valence-corrected chi connectivity index (χ2v) is 9.86. The molecule has 3 rings (SSSR count). The third kappa shape index (κ3) is 3.51. The summed E-state index contributed by atoms with van der Waals surface area (Å²) in [7, 11) is -3.45. The molecule has 1 aliphatic heterocycles. The quantitative estimate of drug-likeness (QED) is 0.831. The Morgan fingerprint density at radius 2 is 2.29 bits per heavy atom. The first-order valence-corrected chi connectivity index (χ1v) is 10.1. The fourth-order valence-corrected chi connectivity index (χ4v) is 6.57. The summed E-state index contributed by atoms with van der Waals surface area (Å²) in [6, 6.07) is 2.29. The highest BCUT2D eigenvalue weighted by Crippen LogP contribution is 2.35. The SMILES string of the molecule is CC1COCCN1S(=O)(=O)c1cc(CNC2CC2)sc1Br. The molecule has 1 atom stereocenters. The average Bonchev–Trinajstić information content (AvgIpc) is 3.19. The molecule has 0 radical (unpaired) electrons. The molecule has 0 aromatic carbocycles. The molecule has 8 heteroatoms. The molecule has 1 N–H and O–H groups in total. The Bertz CT molecular complexity index is 613. The number of sulfonamides is 1. The van der Waals surface area contributed by atoms with Gasteiger partial charge in [0.05, 0.1) is 17.0 Å². The van der Waals surface area contributed by atoms with Crippen LogP contribution in [0.15, 0.2) is 14.7 Å². The monoisotopic (exact) mass is 394 g/mol. The van der Waals surface area contributed by atoms with Gasteiger partial charge in [-0.25, -0.2) is 8.42 Å². The van der Waals surface area contributed by atoms with Gasteiger partial charge in [-0.15, -0.1) is 11.3 Å². The normalized spacial score (nSPS) is 24.4. The zero-order valence-corrected chi connectivity index (χ0v) is 15.1. The number of morpholine rings is 1. The van der Waals surface area contributed by atoms with Gasteiger partial charge in [-0.05, 0) is 41.8 Å². The minimum Gasteiger partial charge on any atom is -0.378 e. The van der Waals surface area contributed by atoms with Crippen LogP contribution in [0.25, 0.3) is 0 Å². The minimum absolute atomic E-state index is 0.122. The van der Waals surface area contributed by atoms with E-state index in [4.69, 9.17) is 4.74 Å². The Balaban J connectivity index is 1.80. The molecule has 2 heterocycles. The minimum atomic E-state index is -3.45.